The molecular formula is C20H24N2O3. The molecule has 5 nitrogen and oxygen atoms in total. The summed E-state index contributed by atoms with van der Waals surface area (Å²) >= 11 is 0. The number of esters is 1. The average Bonchev–Trinajstić information content (AvgIpc) is 2.63. The number of hydrogen-bond donors (Lipinski definition) is 2. The predicted octanol–water partition coefficient (Wildman–Crippen LogP) is 3.12. The van der Waals surface area contributed by atoms with Crippen LogP contribution in [-0.4, -0.2) is 24.5 Å². The summed E-state index contributed by atoms with van der Waals surface area (Å²) in [5, 5.41) is 2.86. The third kappa shape index (κ3) is 5.35. The Morgan fingerprint density at radius 2 is 1.72 bits per heavy atom. The quantitative estimate of drug-likeness (QED) is 0.599. The Morgan fingerprint density at radius 3 is 2.32 bits per heavy atom. The molecule has 0 saturated carbocycles. The molecular weight excluding hydrogens is 316 g/mol. The van der Waals surface area contributed by atoms with Gasteiger partial charge in [0, 0.05) is 18.2 Å². The number of anilines is 1. The first-order valence-electron chi connectivity index (χ1n) is 8.40. The highest BCUT2D eigenvalue weighted by atomic mass is 16.5. The fraction of sp³-hybridized carbons (Fsp3) is 0.300. The zero-order valence-electron chi connectivity index (χ0n) is 14.6. The van der Waals surface area contributed by atoms with E-state index in [1.807, 2.05) is 30.3 Å². The lowest BCUT2D eigenvalue weighted by Gasteiger charge is -2.18. The van der Waals surface area contributed by atoms with E-state index >= 15 is 0 Å². The van der Waals surface area contributed by atoms with Crippen LogP contribution >= 0.6 is 0 Å². The first kappa shape index (κ1) is 18.5. The fourth-order valence-electron chi connectivity index (χ4n) is 2.49. The van der Waals surface area contributed by atoms with Gasteiger partial charge in [-0.15, -0.1) is 0 Å². The van der Waals surface area contributed by atoms with E-state index in [0.29, 0.717) is 17.8 Å². The number of ether oxygens (including phenoxy) is 1. The van der Waals surface area contributed by atoms with E-state index in [2.05, 4.69) is 12.2 Å². The molecule has 0 aromatic heterocycles. The molecule has 2 rings (SSSR count). The molecule has 0 aliphatic rings. The molecule has 2 aromatic rings. The molecule has 5 heteroatoms. The van der Waals surface area contributed by atoms with E-state index in [1.54, 1.807) is 31.2 Å². The van der Waals surface area contributed by atoms with E-state index in [0.717, 1.165) is 6.42 Å². The molecule has 0 fully saturated rings. The van der Waals surface area contributed by atoms with Crippen LogP contribution < -0.4 is 11.1 Å². The van der Waals surface area contributed by atoms with Crippen molar-refractivity contribution in [2.75, 3.05) is 12.3 Å². The van der Waals surface area contributed by atoms with Gasteiger partial charge in [-0.25, -0.2) is 4.79 Å². The maximum absolute atomic E-state index is 12.2. The van der Waals surface area contributed by atoms with Crippen LogP contribution in [0, 0.1) is 0 Å². The summed E-state index contributed by atoms with van der Waals surface area (Å²) in [4.78, 5) is 24.3. The number of nitrogen functional groups attached to an aromatic ring is 1. The molecule has 25 heavy (non-hydrogen) atoms. The molecule has 0 radical (unpaired) electrons. The van der Waals surface area contributed by atoms with Crippen molar-refractivity contribution in [3.05, 3.63) is 65.7 Å². The average molecular weight is 340 g/mol. The van der Waals surface area contributed by atoms with E-state index < -0.39 is 12.1 Å². The highest BCUT2D eigenvalue weighted by Gasteiger charge is 2.20. The topological polar surface area (TPSA) is 81.4 Å². The lowest BCUT2D eigenvalue weighted by atomic mass is 9.96. The second-order valence-corrected chi connectivity index (χ2v) is 5.93. The largest absolute Gasteiger partial charge is 0.449 e. The van der Waals surface area contributed by atoms with Crippen molar-refractivity contribution in [3.63, 3.8) is 0 Å². The zero-order chi connectivity index (χ0) is 18.2. The second kappa shape index (κ2) is 8.87. The monoisotopic (exact) mass is 340 g/mol. The number of nitrogens with two attached hydrogens (primary N) is 1. The number of rotatable bonds is 7. The van der Waals surface area contributed by atoms with Crippen molar-refractivity contribution in [2.24, 2.45) is 0 Å². The zero-order valence-corrected chi connectivity index (χ0v) is 14.6. The van der Waals surface area contributed by atoms with E-state index in [9.17, 15) is 9.59 Å². The van der Waals surface area contributed by atoms with Crippen molar-refractivity contribution in [1.29, 1.82) is 0 Å². The van der Waals surface area contributed by atoms with Gasteiger partial charge in [0.25, 0.3) is 5.91 Å². The number of hydrogen-bond acceptors (Lipinski definition) is 4. The highest BCUT2D eigenvalue weighted by molar-refractivity contribution is 5.92. The summed E-state index contributed by atoms with van der Waals surface area (Å²) in [6, 6.07) is 16.4. The van der Waals surface area contributed by atoms with Crippen LogP contribution in [0.2, 0.25) is 0 Å². The highest BCUT2D eigenvalue weighted by Crippen LogP contribution is 2.18. The number of amides is 1. The first-order chi connectivity index (χ1) is 12.0. The molecule has 2 aromatic carbocycles. The smallest absolute Gasteiger partial charge is 0.338 e. The van der Waals surface area contributed by atoms with Crippen LogP contribution in [0.1, 0.15) is 42.1 Å². The summed E-state index contributed by atoms with van der Waals surface area (Å²) in [7, 11) is 0. The summed E-state index contributed by atoms with van der Waals surface area (Å²) in [6.45, 7) is 4.14. The standard InChI is InChI=1S/C20H24N2O3/c1-3-15(16-7-5-4-6-8-16)13-22-19(23)14(2)25-20(24)17-9-11-18(21)12-10-17/h4-12,14-15H,3,13,21H2,1-2H3,(H,22,23)/t14-,15-/m0/s1. The first-order valence-corrected chi connectivity index (χ1v) is 8.40. The SMILES string of the molecule is CC[C@@H](CNC(=O)[C@H](C)OC(=O)c1ccc(N)cc1)c1ccccc1. The van der Waals surface area contributed by atoms with Gasteiger partial charge in [-0.05, 0) is 43.2 Å². The molecule has 0 bridgehead atoms. The van der Waals surface area contributed by atoms with Crippen LogP contribution in [0.5, 0.6) is 0 Å². The van der Waals surface area contributed by atoms with E-state index in [4.69, 9.17) is 10.5 Å². The molecule has 1 amide bonds. The van der Waals surface area contributed by atoms with Gasteiger partial charge in [-0.2, -0.15) is 0 Å². The lowest BCUT2D eigenvalue weighted by Crippen LogP contribution is -2.38. The van der Waals surface area contributed by atoms with Gasteiger partial charge < -0.3 is 15.8 Å². The Kier molecular flexibility index (Phi) is 6.57. The minimum Gasteiger partial charge on any atom is -0.449 e. The van der Waals surface area contributed by atoms with Gasteiger partial charge in [0.15, 0.2) is 6.10 Å². The molecule has 2 atom stereocenters. The van der Waals surface area contributed by atoms with E-state index in [1.165, 1.54) is 5.56 Å². The minimum absolute atomic E-state index is 0.227. The van der Waals surface area contributed by atoms with Gasteiger partial charge in [-0.1, -0.05) is 37.3 Å². The van der Waals surface area contributed by atoms with Crippen LogP contribution in [-0.2, 0) is 9.53 Å². The van der Waals surface area contributed by atoms with Gasteiger partial charge >= 0.3 is 5.97 Å². The Labute approximate surface area is 148 Å². The Hall–Kier alpha value is -2.82. The van der Waals surface area contributed by atoms with Gasteiger partial charge in [0.05, 0.1) is 5.56 Å². The van der Waals surface area contributed by atoms with Crippen LogP contribution in [0.4, 0.5) is 5.69 Å². The molecule has 0 spiro atoms. The molecule has 0 heterocycles. The summed E-state index contributed by atoms with van der Waals surface area (Å²) < 4.78 is 5.22. The fourth-order valence-corrected chi connectivity index (χ4v) is 2.49. The van der Waals surface area contributed by atoms with Crippen LogP contribution in [0.15, 0.2) is 54.6 Å². The van der Waals surface area contributed by atoms with Crippen LogP contribution in [0.3, 0.4) is 0 Å². The van der Waals surface area contributed by atoms with Crippen molar-refractivity contribution in [3.8, 4) is 0 Å². The summed E-state index contributed by atoms with van der Waals surface area (Å²) in [5.41, 5.74) is 7.70. The van der Waals surface area contributed by atoms with Gasteiger partial charge in [-0.3, -0.25) is 4.79 Å². The molecule has 3 N–H and O–H groups in total. The summed E-state index contributed by atoms with van der Waals surface area (Å²) in [5.74, 6) is -0.624. The molecule has 132 valence electrons. The molecule has 0 aliphatic carbocycles. The Balaban J connectivity index is 1.87. The number of carbonyl (C=O) groups is 2. The molecule has 0 aliphatic heterocycles. The maximum Gasteiger partial charge on any atom is 0.338 e. The second-order valence-electron chi connectivity index (χ2n) is 5.93. The molecule has 0 unspecified atom stereocenters. The summed E-state index contributed by atoms with van der Waals surface area (Å²) in [6.07, 6.45) is 0.0440. The van der Waals surface area contributed by atoms with E-state index in [-0.39, 0.29) is 11.8 Å². The third-order valence-corrected chi connectivity index (χ3v) is 4.09. The Morgan fingerprint density at radius 1 is 1.08 bits per heavy atom. The third-order valence-electron chi connectivity index (χ3n) is 4.09. The van der Waals surface area contributed by atoms with Crippen molar-refractivity contribution < 1.29 is 14.3 Å². The molecule has 0 saturated heterocycles. The van der Waals surface area contributed by atoms with Gasteiger partial charge in [0.2, 0.25) is 0 Å². The predicted molar refractivity (Wildman–Crippen MR) is 98.2 cm³/mol. The van der Waals surface area contributed by atoms with Crippen LogP contribution in [0.25, 0.3) is 0 Å². The minimum atomic E-state index is -0.863. The van der Waals surface area contributed by atoms with Crippen molar-refractivity contribution >= 4 is 17.6 Å². The Bertz CT molecular complexity index is 699. The van der Waals surface area contributed by atoms with Crippen molar-refractivity contribution in [1.82, 2.24) is 5.32 Å². The van der Waals surface area contributed by atoms with Crippen molar-refractivity contribution in [2.45, 2.75) is 32.3 Å². The maximum atomic E-state index is 12.2. The number of carbonyl (C=O) groups excluding carboxylic acids is 2. The van der Waals surface area contributed by atoms with Gasteiger partial charge in [0.1, 0.15) is 0 Å². The lowest BCUT2D eigenvalue weighted by molar-refractivity contribution is -0.129. The number of nitrogens with one attached hydrogen (secondary N) is 1. The number of benzene rings is 2. The normalized spacial score (nSPS) is 12.9.